The number of alkyl halides is 3. The molecular formula is C15H13F3N2O. The Morgan fingerprint density at radius 3 is 2.43 bits per heavy atom. The second-order valence-corrected chi connectivity index (χ2v) is 4.33. The lowest BCUT2D eigenvalue weighted by molar-refractivity contribution is -0.137. The molecule has 0 atom stereocenters. The number of halogens is 3. The van der Waals surface area contributed by atoms with Gasteiger partial charge in [0.25, 0.3) is 5.91 Å². The third kappa shape index (κ3) is 3.53. The molecule has 0 saturated heterocycles. The maximum absolute atomic E-state index is 12.7. The fourth-order valence-electron chi connectivity index (χ4n) is 1.85. The minimum atomic E-state index is -4.40. The number of anilines is 2. The molecule has 2 rings (SSSR count). The highest BCUT2D eigenvalue weighted by Crippen LogP contribution is 2.31. The van der Waals surface area contributed by atoms with Crippen LogP contribution in [0.3, 0.4) is 0 Å². The number of hydrogen-bond acceptors (Lipinski definition) is 2. The van der Waals surface area contributed by atoms with Crippen molar-refractivity contribution in [2.45, 2.75) is 6.18 Å². The molecule has 0 aliphatic heterocycles. The topological polar surface area (TPSA) is 41.1 Å². The van der Waals surface area contributed by atoms with Crippen LogP contribution in [0.1, 0.15) is 15.9 Å². The van der Waals surface area contributed by atoms with Crippen molar-refractivity contribution in [3.63, 3.8) is 0 Å². The minimum absolute atomic E-state index is 0.265. The van der Waals surface area contributed by atoms with Crippen LogP contribution in [0.25, 0.3) is 0 Å². The molecule has 0 unspecified atom stereocenters. The molecule has 21 heavy (non-hydrogen) atoms. The van der Waals surface area contributed by atoms with Gasteiger partial charge in [0, 0.05) is 12.7 Å². The Hall–Kier alpha value is -2.50. The van der Waals surface area contributed by atoms with Gasteiger partial charge in [-0.2, -0.15) is 13.2 Å². The van der Waals surface area contributed by atoms with Crippen molar-refractivity contribution in [2.75, 3.05) is 12.4 Å². The molecule has 1 amide bonds. The molecule has 0 aromatic heterocycles. The first-order chi connectivity index (χ1) is 9.91. The van der Waals surface area contributed by atoms with Crippen LogP contribution in [0.2, 0.25) is 0 Å². The van der Waals surface area contributed by atoms with Gasteiger partial charge < -0.3 is 10.6 Å². The van der Waals surface area contributed by atoms with Crippen LogP contribution in [0.15, 0.2) is 48.5 Å². The standard InChI is InChI=1S/C15H13F3N2O/c1-19-14(21)12-7-2-3-8-13(12)20-11-6-4-5-10(9-11)15(16,17)18/h2-9,20H,1H3,(H,19,21). The molecule has 0 saturated carbocycles. The largest absolute Gasteiger partial charge is 0.416 e. The van der Waals surface area contributed by atoms with Crippen LogP contribution >= 0.6 is 0 Å². The van der Waals surface area contributed by atoms with Crippen LogP contribution in [0.4, 0.5) is 24.5 Å². The predicted molar refractivity (Wildman–Crippen MR) is 74.6 cm³/mol. The molecule has 3 nitrogen and oxygen atoms in total. The van der Waals surface area contributed by atoms with Gasteiger partial charge in [0.15, 0.2) is 0 Å². The lowest BCUT2D eigenvalue weighted by Gasteiger charge is -2.13. The average molecular weight is 294 g/mol. The molecular weight excluding hydrogens is 281 g/mol. The van der Waals surface area contributed by atoms with Crippen LogP contribution in [-0.4, -0.2) is 13.0 Å². The molecule has 0 heterocycles. The van der Waals surface area contributed by atoms with Crippen LogP contribution in [0, 0.1) is 0 Å². The fraction of sp³-hybridized carbons (Fsp3) is 0.133. The van der Waals surface area contributed by atoms with Gasteiger partial charge in [0.05, 0.1) is 16.8 Å². The molecule has 2 aromatic carbocycles. The van der Waals surface area contributed by atoms with Gasteiger partial charge in [-0.05, 0) is 30.3 Å². The van der Waals surface area contributed by atoms with E-state index in [9.17, 15) is 18.0 Å². The first kappa shape index (κ1) is 14.9. The second-order valence-electron chi connectivity index (χ2n) is 4.33. The van der Waals surface area contributed by atoms with Gasteiger partial charge in [-0.25, -0.2) is 0 Å². The molecule has 0 bridgehead atoms. The summed E-state index contributed by atoms with van der Waals surface area (Å²) in [7, 11) is 1.49. The molecule has 6 heteroatoms. The van der Waals surface area contributed by atoms with Crippen molar-refractivity contribution in [1.82, 2.24) is 5.32 Å². The summed E-state index contributed by atoms with van der Waals surface area (Å²) in [6.45, 7) is 0. The zero-order valence-corrected chi connectivity index (χ0v) is 11.2. The lowest BCUT2D eigenvalue weighted by atomic mass is 10.1. The summed E-state index contributed by atoms with van der Waals surface area (Å²) in [6, 6.07) is 11.4. The van der Waals surface area contributed by atoms with E-state index in [1.54, 1.807) is 24.3 Å². The highest BCUT2D eigenvalue weighted by molar-refractivity contribution is 6.00. The quantitative estimate of drug-likeness (QED) is 0.904. The normalized spacial score (nSPS) is 11.0. The number of benzene rings is 2. The van der Waals surface area contributed by atoms with E-state index in [-0.39, 0.29) is 11.6 Å². The second kappa shape index (κ2) is 5.87. The van der Waals surface area contributed by atoms with Crippen molar-refractivity contribution in [1.29, 1.82) is 0 Å². The average Bonchev–Trinajstić information content (AvgIpc) is 2.46. The summed E-state index contributed by atoms with van der Waals surface area (Å²) < 4.78 is 38.0. The fourth-order valence-corrected chi connectivity index (χ4v) is 1.85. The van der Waals surface area contributed by atoms with E-state index in [0.717, 1.165) is 12.1 Å². The van der Waals surface area contributed by atoms with E-state index < -0.39 is 11.7 Å². The Morgan fingerprint density at radius 1 is 1.05 bits per heavy atom. The monoisotopic (exact) mass is 294 g/mol. The van der Waals surface area contributed by atoms with Crippen molar-refractivity contribution >= 4 is 17.3 Å². The molecule has 0 aliphatic rings. The van der Waals surface area contributed by atoms with Gasteiger partial charge in [-0.3, -0.25) is 4.79 Å². The number of para-hydroxylation sites is 1. The number of carbonyl (C=O) groups excluding carboxylic acids is 1. The van der Waals surface area contributed by atoms with Crippen molar-refractivity contribution in [3.05, 3.63) is 59.7 Å². The molecule has 2 N–H and O–H groups in total. The van der Waals surface area contributed by atoms with Gasteiger partial charge >= 0.3 is 6.18 Å². The Bertz CT molecular complexity index is 653. The summed E-state index contributed by atoms with van der Waals surface area (Å²) in [5.41, 5.74) is 0.319. The maximum atomic E-state index is 12.7. The Labute approximate surface area is 119 Å². The Balaban J connectivity index is 2.33. The van der Waals surface area contributed by atoms with Crippen molar-refractivity contribution < 1.29 is 18.0 Å². The highest BCUT2D eigenvalue weighted by atomic mass is 19.4. The van der Waals surface area contributed by atoms with Crippen LogP contribution in [-0.2, 0) is 6.18 Å². The predicted octanol–water partition coefficient (Wildman–Crippen LogP) is 3.81. The van der Waals surface area contributed by atoms with Crippen molar-refractivity contribution in [3.8, 4) is 0 Å². The van der Waals surface area contributed by atoms with Gasteiger partial charge in [0.2, 0.25) is 0 Å². The molecule has 2 aromatic rings. The number of rotatable bonds is 3. The molecule has 0 spiro atoms. The maximum Gasteiger partial charge on any atom is 0.416 e. The minimum Gasteiger partial charge on any atom is -0.355 e. The lowest BCUT2D eigenvalue weighted by Crippen LogP contribution is -2.19. The molecule has 0 aliphatic carbocycles. The number of carbonyl (C=O) groups is 1. The SMILES string of the molecule is CNC(=O)c1ccccc1Nc1cccc(C(F)(F)F)c1. The van der Waals surface area contributed by atoms with E-state index in [1.165, 1.54) is 19.2 Å². The summed E-state index contributed by atoms with van der Waals surface area (Å²) in [6.07, 6.45) is -4.40. The zero-order valence-electron chi connectivity index (χ0n) is 11.2. The number of amides is 1. The van der Waals surface area contributed by atoms with Gasteiger partial charge in [0.1, 0.15) is 0 Å². The van der Waals surface area contributed by atoms with E-state index in [4.69, 9.17) is 0 Å². The Kier molecular flexibility index (Phi) is 4.16. The van der Waals surface area contributed by atoms with Gasteiger partial charge in [-0.15, -0.1) is 0 Å². The van der Waals surface area contributed by atoms with E-state index in [0.29, 0.717) is 11.3 Å². The highest BCUT2D eigenvalue weighted by Gasteiger charge is 2.30. The summed E-state index contributed by atoms with van der Waals surface area (Å²) >= 11 is 0. The van der Waals surface area contributed by atoms with Crippen molar-refractivity contribution in [2.24, 2.45) is 0 Å². The first-order valence-corrected chi connectivity index (χ1v) is 6.17. The Morgan fingerprint density at radius 2 is 1.76 bits per heavy atom. The van der Waals surface area contributed by atoms with E-state index >= 15 is 0 Å². The van der Waals surface area contributed by atoms with Crippen LogP contribution < -0.4 is 10.6 Å². The van der Waals surface area contributed by atoms with E-state index in [1.807, 2.05) is 0 Å². The summed E-state index contributed by atoms with van der Waals surface area (Å²) in [4.78, 5) is 11.7. The third-order valence-electron chi connectivity index (χ3n) is 2.87. The van der Waals surface area contributed by atoms with Crippen LogP contribution in [0.5, 0.6) is 0 Å². The third-order valence-corrected chi connectivity index (χ3v) is 2.87. The first-order valence-electron chi connectivity index (χ1n) is 6.17. The number of nitrogens with one attached hydrogen (secondary N) is 2. The smallest absolute Gasteiger partial charge is 0.355 e. The van der Waals surface area contributed by atoms with E-state index in [2.05, 4.69) is 10.6 Å². The summed E-state index contributed by atoms with van der Waals surface area (Å²) in [5.74, 6) is -0.315. The molecule has 110 valence electrons. The molecule has 0 radical (unpaired) electrons. The molecule has 0 fully saturated rings. The number of hydrogen-bond donors (Lipinski definition) is 2. The van der Waals surface area contributed by atoms with Gasteiger partial charge in [-0.1, -0.05) is 18.2 Å². The summed E-state index contributed by atoms with van der Waals surface area (Å²) in [5, 5.41) is 5.32. The zero-order chi connectivity index (χ0) is 15.5.